The standard InChI is InChI=1S/C27H28FN5OS/c1-18(32(3)4)25-30-31-27(33(25)22-16-14-21(28)15-17-22)35-19(2)26(34)29-24-13-9-8-12-23(24)20-10-6-5-7-11-20/h5-19H,1-4H3,(H,29,34)/t18-,19-/m0/s1. The average Bonchev–Trinajstić information content (AvgIpc) is 3.28. The van der Waals surface area contributed by atoms with Gasteiger partial charge in [0.1, 0.15) is 5.82 Å². The van der Waals surface area contributed by atoms with Gasteiger partial charge < -0.3 is 5.32 Å². The van der Waals surface area contributed by atoms with Gasteiger partial charge in [0.15, 0.2) is 11.0 Å². The number of anilines is 1. The van der Waals surface area contributed by atoms with Crippen LogP contribution in [-0.4, -0.2) is 44.9 Å². The Morgan fingerprint density at radius 1 is 0.943 bits per heavy atom. The van der Waals surface area contributed by atoms with E-state index in [1.54, 1.807) is 12.1 Å². The van der Waals surface area contributed by atoms with E-state index in [0.29, 0.717) is 11.0 Å². The Labute approximate surface area is 209 Å². The molecule has 0 aliphatic heterocycles. The average molecular weight is 490 g/mol. The monoisotopic (exact) mass is 489 g/mol. The lowest BCUT2D eigenvalue weighted by Gasteiger charge is -2.21. The van der Waals surface area contributed by atoms with E-state index in [-0.39, 0.29) is 17.8 Å². The molecule has 1 heterocycles. The molecule has 0 fully saturated rings. The van der Waals surface area contributed by atoms with Crippen molar-refractivity contribution < 1.29 is 9.18 Å². The fourth-order valence-electron chi connectivity index (χ4n) is 3.60. The Bertz CT molecular complexity index is 1290. The van der Waals surface area contributed by atoms with E-state index in [4.69, 9.17) is 0 Å². The smallest absolute Gasteiger partial charge is 0.237 e. The van der Waals surface area contributed by atoms with Gasteiger partial charge in [-0.05, 0) is 63.8 Å². The molecule has 1 amide bonds. The van der Waals surface area contributed by atoms with Crippen molar-refractivity contribution in [3.8, 4) is 16.8 Å². The first-order chi connectivity index (χ1) is 16.8. The van der Waals surface area contributed by atoms with E-state index >= 15 is 0 Å². The molecule has 1 aromatic heterocycles. The molecule has 6 nitrogen and oxygen atoms in total. The van der Waals surface area contributed by atoms with E-state index in [1.165, 1.54) is 23.9 Å². The number of para-hydroxylation sites is 1. The first-order valence-electron chi connectivity index (χ1n) is 11.3. The lowest BCUT2D eigenvalue weighted by Crippen LogP contribution is -2.24. The lowest BCUT2D eigenvalue weighted by molar-refractivity contribution is -0.115. The summed E-state index contributed by atoms with van der Waals surface area (Å²) in [5.74, 6) is 0.253. The van der Waals surface area contributed by atoms with E-state index in [1.807, 2.05) is 92.0 Å². The van der Waals surface area contributed by atoms with Gasteiger partial charge in [0.25, 0.3) is 0 Å². The second-order valence-electron chi connectivity index (χ2n) is 8.45. The van der Waals surface area contributed by atoms with E-state index in [0.717, 1.165) is 22.5 Å². The molecule has 180 valence electrons. The summed E-state index contributed by atoms with van der Waals surface area (Å²) in [6, 6.07) is 23.8. The maximum absolute atomic E-state index is 13.6. The molecule has 0 saturated heterocycles. The highest BCUT2D eigenvalue weighted by atomic mass is 32.2. The van der Waals surface area contributed by atoms with Crippen molar-refractivity contribution in [1.82, 2.24) is 19.7 Å². The van der Waals surface area contributed by atoms with Gasteiger partial charge in [0.2, 0.25) is 5.91 Å². The number of amides is 1. The molecule has 8 heteroatoms. The zero-order chi connectivity index (χ0) is 24.9. The molecular formula is C27H28FN5OS. The number of carbonyl (C=O) groups excluding carboxylic acids is 1. The molecule has 0 aliphatic rings. The minimum absolute atomic E-state index is 0.0382. The SMILES string of the molecule is C[C@H](Sc1nnc([C@H](C)N(C)C)n1-c1ccc(F)cc1)C(=O)Nc1ccccc1-c1ccccc1. The largest absolute Gasteiger partial charge is 0.325 e. The van der Waals surface area contributed by atoms with Crippen LogP contribution in [0.15, 0.2) is 84.0 Å². The Balaban J connectivity index is 1.59. The summed E-state index contributed by atoms with van der Waals surface area (Å²) in [6.45, 7) is 3.86. The van der Waals surface area contributed by atoms with Gasteiger partial charge in [-0.15, -0.1) is 10.2 Å². The van der Waals surface area contributed by atoms with Crippen molar-refractivity contribution in [2.24, 2.45) is 0 Å². The molecule has 0 spiro atoms. The zero-order valence-electron chi connectivity index (χ0n) is 20.1. The van der Waals surface area contributed by atoms with Crippen molar-refractivity contribution in [1.29, 1.82) is 0 Å². The van der Waals surface area contributed by atoms with Gasteiger partial charge in [0.05, 0.1) is 11.3 Å². The van der Waals surface area contributed by atoms with Gasteiger partial charge in [-0.1, -0.05) is 60.3 Å². The third-order valence-electron chi connectivity index (χ3n) is 5.81. The molecular weight excluding hydrogens is 461 g/mol. The number of thioether (sulfide) groups is 1. The van der Waals surface area contributed by atoms with E-state index in [9.17, 15) is 9.18 Å². The Kier molecular flexibility index (Phi) is 7.63. The number of hydrogen-bond acceptors (Lipinski definition) is 5. The van der Waals surface area contributed by atoms with Crippen LogP contribution in [0.5, 0.6) is 0 Å². The fourth-order valence-corrected chi connectivity index (χ4v) is 4.47. The highest BCUT2D eigenvalue weighted by Gasteiger charge is 2.25. The Hall–Kier alpha value is -3.49. The molecule has 3 aromatic carbocycles. The number of carbonyl (C=O) groups is 1. The molecule has 1 N–H and O–H groups in total. The number of nitrogens with zero attached hydrogens (tertiary/aromatic N) is 4. The van der Waals surface area contributed by atoms with Crippen LogP contribution < -0.4 is 5.32 Å². The molecule has 0 radical (unpaired) electrons. The van der Waals surface area contributed by atoms with Gasteiger partial charge in [-0.25, -0.2) is 4.39 Å². The second-order valence-corrected chi connectivity index (χ2v) is 9.76. The molecule has 0 bridgehead atoms. The summed E-state index contributed by atoms with van der Waals surface area (Å²) < 4.78 is 15.5. The third kappa shape index (κ3) is 5.61. The molecule has 0 aliphatic carbocycles. The number of rotatable bonds is 8. The van der Waals surface area contributed by atoms with Crippen LogP contribution in [0.1, 0.15) is 25.7 Å². The summed E-state index contributed by atoms with van der Waals surface area (Å²) >= 11 is 1.31. The van der Waals surface area contributed by atoms with Crippen LogP contribution in [0.3, 0.4) is 0 Å². The Morgan fingerprint density at radius 3 is 2.29 bits per heavy atom. The van der Waals surface area contributed by atoms with Crippen molar-refractivity contribution in [3.05, 3.63) is 90.5 Å². The van der Waals surface area contributed by atoms with Crippen LogP contribution in [0.2, 0.25) is 0 Å². The number of nitrogens with one attached hydrogen (secondary N) is 1. The van der Waals surface area contributed by atoms with Gasteiger partial charge in [-0.3, -0.25) is 14.3 Å². The van der Waals surface area contributed by atoms with Crippen molar-refractivity contribution in [2.45, 2.75) is 30.3 Å². The molecule has 35 heavy (non-hydrogen) atoms. The van der Waals surface area contributed by atoms with Gasteiger partial charge in [0, 0.05) is 16.9 Å². The van der Waals surface area contributed by atoms with Crippen LogP contribution >= 0.6 is 11.8 Å². The normalized spacial score (nSPS) is 13.0. The van der Waals surface area contributed by atoms with Crippen LogP contribution in [0, 0.1) is 5.82 Å². The second kappa shape index (κ2) is 10.8. The Morgan fingerprint density at radius 2 is 1.60 bits per heavy atom. The molecule has 2 atom stereocenters. The predicted molar refractivity (Wildman–Crippen MR) is 139 cm³/mol. The molecule has 0 saturated carbocycles. The number of aromatic nitrogens is 3. The molecule has 4 aromatic rings. The summed E-state index contributed by atoms with van der Waals surface area (Å²) in [7, 11) is 3.92. The first kappa shape index (κ1) is 24.6. The summed E-state index contributed by atoms with van der Waals surface area (Å²) in [5.41, 5.74) is 3.47. The van der Waals surface area contributed by atoms with E-state index in [2.05, 4.69) is 15.5 Å². The summed E-state index contributed by atoms with van der Waals surface area (Å²) in [4.78, 5) is 15.2. The van der Waals surface area contributed by atoms with Crippen LogP contribution in [0.4, 0.5) is 10.1 Å². The lowest BCUT2D eigenvalue weighted by atomic mass is 10.0. The maximum Gasteiger partial charge on any atom is 0.237 e. The molecule has 0 unspecified atom stereocenters. The van der Waals surface area contributed by atoms with Crippen LogP contribution in [0.25, 0.3) is 16.8 Å². The highest BCUT2D eigenvalue weighted by Crippen LogP contribution is 2.31. The highest BCUT2D eigenvalue weighted by molar-refractivity contribution is 8.00. The maximum atomic E-state index is 13.6. The van der Waals surface area contributed by atoms with Crippen molar-refractivity contribution in [2.75, 3.05) is 19.4 Å². The minimum Gasteiger partial charge on any atom is -0.325 e. The number of halogens is 1. The first-order valence-corrected chi connectivity index (χ1v) is 12.2. The number of hydrogen-bond donors (Lipinski definition) is 1. The van der Waals surface area contributed by atoms with Crippen molar-refractivity contribution in [3.63, 3.8) is 0 Å². The van der Waals surface area contributed by atoms with Gasteiger partial charge in [-0.2, -0.15) is 0 Å². The van der Waals surface area contributed by atoms with Gasteiger partial charge >= 0.3 is 0 Å². The quantitative estimate of drug-likeness (QED) is 0.316. The zero-order valence-corrected chi connectivity index (χ0v) is 21.0. The minimum atomic E-state index is -0.454. The number of benzene rings is 3. The van der Waals surface area contributed by atoms with E-state index < -0.39 is 5.25 Å². The fraction of sp³-hybridized carbons (Fsp3) is 0.222. The summed E-state index contributed by atoms with van der Waals surface area (Å²) in [6.07, 6.45) is 0. The van der Waals surface area contributed by atoms with Crippen molar-refractivity contribution >= 4 is 23.4 Å². The predicted octanol–water partition coefficient (Wildman–Crippen LogP) is 5.82. The third-order valence-corrected chi connectivity index (χ3v) is 6.86. The summed E-state index contributed by atoms with van der Waals surface area (Å²) in [5, 5.41) is 12.0. The molecule has 4 rings (SSSR count). The topological polar surface area (TPSA) is 63.1 Å². The van der Waals surface area contributed by atoms with Crippen LogP contribution in [-0.2, 0) is 4.79 Å².